The van der Waals surface area contributed by atoms with E-state index in [2.05, 4.69) is 10.6 Å². The van der Waals surface area contributed by atoms with Crippen LogP contribution in [0.15, 0.2) is 0 Å². The van der Waals surface area contributed by atoms with E-state index in [-0.39, 0.29) is 11.6 Å². The van der Waals surface area contributed by atoms with E-state index in [0.29, 0.717) is 6.54 Å². The van der Waals surface area contributed by atoms with Crippen molar-refractivity contribution in [1.82, 2.24) is 10.6 Å². The average Bonchev–Trinajstić information content (AvgIpc) is 1.98. The lowest BCUT2D eigenvalue weighted by atomic mass is 10.1. The van der Waals surface area contributed by atoms with Gasteiger partial charge in [-0.3, -0.25) is 0 Å². The molecule has 0 heterocycles. The Labute approximate surface area is 86.1 Å². The minimum atomic E-state index is -0.439. The maximum absolute atomic E-state index is 11.2. The highest BCUT2D eigenvalue weighted by atomic mass is 16.3. The molecule has 3 N–H and O–H groups in total. The Balaban J connectivity index is 3.64. The summed E-state index contributed by atoms with van der Waals surface area (Å²) < 4.78 is 0. The van der Waals surface area contributed by atoms with Gasteiger partial charge >= 0.3 is 6.03 Å². The van der Waals surface area contributed by atoms with Gasteiger partial charge in [-0.05, 0) is 27.2 Å². The number of carbonyl (C=O) groups excluding carboxylic acids is 1. The molecule has 0 spiro atoms. The van der Waals surface area contributed by atoms with Crippen LogP contribution in [0.4, 0.5) is 4.79 Å². The van der Waals surface area contributed by atoms with Crippen molar-refractivity contribution in [2.24, 2.45) is 0 Å². The van der Waals surface area contributed by atoms with Crippen LogP contribution in [0.25, 0.3) is 0 Å². The molecule has 2 amide bonds. The molecule has 0 rings (SSSR count). The third-order valence-corrected chi connectivity index (χ3v) is 1.61. The molecule has 1 unspecified atom stereocenters. The molecule has 0 aliphatic carbocycles. The standard InChI is InChI=1S/C10H22N2O2/c1-5-6-8(13)7-11-9(14)12-10(2,3)4/h8,13H,5-7H2,1-4H3,(H2,11,12,14). The lowest BCUT2D eigenvalue weighted by molar-refractivity contribution is 0.159. The molecule has 4 nitrogen and oxygen atoms in total. The predicted molar refractivity (Wildman–Crippen MR) is 57.2 cm³/mol. The summed E-state index contributed by atoms with van der Waals surface area (Å²) >= 11 is 0. The smallest absolute Gasteiger partial charge is 0.315 e. The van der Waals surface area contributed by atoms with E-state index in [4.69, 9.17) is 0 Å². The summed E-state index contributed by atoms with van der Waals surface area (Å²) in [5, 5.41) is 14.7. The summed E-state index contributed by atoms with van der Waals surface area (Å²) in [5.41, 5.74) is -0.236. The predicted octanol–water partition coefficient (Wildman–Crippen LogP) is 1.25. The number of nitrogens with one attached hydrogen (secondary N) is 2. The SMILES string of the molecule is CCCC(O)CNC(=O)NC(C)(C)C. The molecular formula is C10H22N2O2. The van der Waals surface area contributed by atoms with Gasteiger partial charge < -0.3 is 15.7 Å². The third kappa shape index (κ3) is 7.86. The highest BCUT2D eigenvalue weighted by Gasteiger charge is 2.13. The van der Waals surface area contributed by atoms with Crippen molar-refractivity contribution in [3.05, 3.63) is 0 Å². The Hall–Kier alpha value is -0.770. The maximum atomic E-state index is 11.2. The van der Waals surface area contributed by atoms with Crippen LogP contribution in [0, 0.1) is 0 Å². The minimum Gasteiger partial charge on any atom is -0.391 e. The average molecular weight is 202 g/mol. The number of rotatable bonds is 4. The van der Waals surface area contributed by atoms with Gasteiger partial charge in [-0.25, -0.2) is 4.79 Å². The molecule has 0 radical (unpaired) electrons. The number of aliphatic hydroxyl groups excluding tert-OH is 1. The van der Waals surface area contributed by atoms with Gasteiger partial charge in [-0.2, -0.15) is 0 Å². The molecule has 4 heteroatoms. The van der Waals surface area contributed by atoms with E-state index in [1.54, 1.807) is 0 Å². The van der Waals surface area contributed by atoms with Crippen molar-refractivity contribution >= 4 is 6.03 Å². The Kier molecular flexibility index (Phi) is 5.53. The van der Waals surface area contributed by atoms with E-state index in [1.807, 2.05) is 27.7 Å². The second kappa shape index (κ2) is 5.86. The summed E-state index contributed by atoms with van der Waals surface area (Å²) in [7, 11) is 0. The molecule has 0 aliphatic heterocycles. The van der Waals surface area contributed by atoms with Crippen LogP contribution in [0.2, 0.25) is 0 Å². The molecule has 0 aromatic rings. The van der Waals surface area contributed by atoms with Crippen molar-refractivity contribution in [2.45, 2.75) is 52.2 Å². The summed E-state index contributed by atoms with van der Waals surface area (Å²) in [4.78, 5) is 11.2. The first-order valence-electron chi connectivity index (χ1n) is 5.09. The lowest BCUT2D eigenvalue weighted by Crippen LogP contribution is -2.48. The maximum Gasteiger partial charge on any atom is 0.315 e. The largest absolute Gasteiger partial charge is 0.391 e. The van der Waals surface area contributed by atoms with E-state index in [9.17, 15) is 9.90 Å². The Morgan fingerprint density at radius 3 is 2.43 bits per heavy atom. The third-order valence-electron chi connectivity index (χ3n) is 1.61. The highest BCUT2D eigenvalue weighted by Crippen LogP contribution is 1.98. The summed E-state index contributed by atoms with van der Waals surface area (Å²) in [5.74, 6) is 0. The van der Waals surface area contributed by atoms with Crippen molar-refractivity contribution < 1.29 is 9.90 Å². The fourth-order valence-corrected chi connectivity index (χ4v) is 1.03. The lowest BCUT2D eigenvalue weighted by Gasteiger charge is -2.21. The molecular weight excluding hydrogens is 180 g/mol. The number of aliphatic hydroxyl groups is 1. The number of amides is 2. The molecule has 0 aromatic carbocycles. The minimum absolute atomic E-state index is 0.229. The quantitative estimate of drug-likeness (QED) is 0.642. The first-order valence-corrected chi connectivity index (χ1v) is 5.09. The van der Waals surface area contributed by atoms with Crippen molar-refractivity contribution in [3.8, 4) is 0 Å². The van der Waals surface area contributed by atoms with Crippen LogP contribution in [0.5, 0.6) is 0 Å². The molecule has 0 fully saturated rings. The van der Waals surface area contributed by atoms with Gasteiger partial charge in [-0.15, -0.1) is 0 Å². The van der Waals surface area contributed by atoms with Crippen LogP contribution < -0.4 is 10.6 Å². The van der Waals surface area contributed by atoms with Gasteiger partial charge in [0, 0.05) is 12.1 Å². The van der Waals surface area contributed by atoms with Crippen LogP contribution in [0.1, 0.15) is 40.5 Å². The summed E-state index contributed by atoms with van der Waals surface area (Å²) in [6.45, 7) is 8.05. The molecule has 84 valence electrons. The van der Waals surface area contributed by atoms with Crippen LogP contribution >= 0.6 is 0 Å². The van der Waals surface area contributed by atoms with E-state index >= 15 is 0 Å². The highest BCUT2D eigenvalue weighted by molar-refractivity contribution is 5.74. The molecule has 0 saturated carbocycles. The fourth-order valence-electron chi connectivity index (χ4n) is 1.03. The van der Waals surface area contributed by atoms with E-state index < -0.39 is 6.10 Å². The normalized spacial score (nSPS) is 13.5. The fraction of sp³-hybridized carbons (Fsp3) is 0.900. The zero-order valence-corrected chi connectivity index (χ0v) is 9.55. The Bertz CT molecular complexity index is 175. The topological polar surface area (TPSA) is 61.4 Å². The van der Waals surface area contributed by atoms with E-state index in [0.717, 1.165) is 12.8 Å². The number of hydrogen-bond donors (Lipinski definition) is 3. The van der Waals surface area contributed by atoms with Gasteiger partial charge in [-0.1, -0.05) is 13.3 Å². The second-order valence-corrected chi connectivity index (χ2v) is 4.53. The molecule has 0 aliphatic rings. The monoisotopic (exact) mass is 202 g/mol. The molecule has 0 saturated heterocycles. The van der Waals surface area contributed by atoms with Crippen molar-refractivity contribution in [2.75, 3.05) is 6.54 Å². The van der Waals surface area contributed by atoms with Crippen LogP contribution in [0.3, 0.4) is 0 Å². The van der Waals surface area contributed by atoms with Gasteiger partial charge in [0.2, 0.25) is 0 Å². The second-order valence-electron chi connectivity index (χ2n) is 4.53. The number of carbonyl (C=O) groups is 1. The van der Waals surface area contributed by atoms with Crippen molar-refractivity contribution in [3.63, 3.8) is 0 Å². The van der Waals surface area contributed by atoms with Crippen LogP contribution in [-0.2, 0) is 0 Å². The number of hydrogen-bond acceptors (Lipinski definition) is 2. The molecule has 1 atom stereocenters. The number of urea groups is 1. The first-order chi connectivity index (χ1) is 6.35. The Morgan fingerprint density at radius 1 is 1.43 bits per heavy atom. The molecule has 14 heavy (non-hydrogen) atoms. The summed E-state index contributed by atoms with van der Waals surface area (Å²) in [6.07, 6.45) is 1.20. The summed E-state index contributed by atoms with van der Waals surface area (Å²) in [6, 6.07) is -0.229. The van der Waals surface area contributed by atoms with Crippen LogP contribution in [-0.4, -0.2) is 29.3 Å². The molecule has 0 bridgehead atoms. The zero-order valence-electron chi connectivity index (χ0n) is 9.55. The zero-order chi connectivity index (χ0) is 11.2. The van der Waals surface area contributed by atoms with Gasteiger partial charge in [0.15, 0.2) is 0 Å². The molecule has 0 aromatic heterocycles. The van der Waals surface area contributed by atoms with Gasteiger partial charge in [0.25, 0.3) is 0 Å². The van der Waals surface area contributed by atoms with Gasteiger partial charge in [0.05, 0.1) is 6.10 Å². The first kappa shape index (κ1) is 13.2. The van der Waals surface area contributed by atoms with Crippen molar-refractivity contribution in [1.29, 1.82) is 0 Å². The van der Waals surface area contributed by atoms with E-state index in [1.165, 1.54) is 0 Å². The van der Waals surface area contributed by atoms with Gasteiger partial charge in [0.1, 0.15) is 0 Å². The Morgan fingerprint density at radius 2 is 2.00 bits per heavy atom.